The lowest BCUT2D eigenvalue weighted by Gasteiger charge is -2.02. The minimum absolute atomic E-state index is 0.184. The zero-order chi connectivity index (χ0) is 19.6. The highest BCUT2D eigenvalue weighted by Gasteiger charge is 2.13. The van der Waals surface area contributed by atoms with Gasteiger partial charge >= 0.3 is 5.97 Å². The summed E-state index contributed by atoms with van der Waals surface area (Å²) in [5, 5.41) is 3.18. The summed E-state index contributed by atoms with van der Waals surface area (Å²) in [7, 11) is 1.26. The first-order chi connectivity index (χ1) is 12.9. The minimum atomic E-state index is -0.575. The van der Waals surface area contributed by atoms with Crippen LogP contribution in [0.1, 0.15) is 21.6 Å². The largest absolute Gasteiger partial charge is 0.465 e. The molecule has 0 unspecified atom stereocenters. The second-order valence-electron chi connectivity index (χ2n) is 5.68. The number of aliphatic imine (C=N–C) groups is 1. The van der Waals surface area contributed by atoms with Crippen LogP contribution >= 0.6 is 11.6 Å². The van der Waals surface area contributed by atoms with Crippen molar-refractivity contribution in [2.24, 2.45) is 4.99 Å². The van der Waals surface area contributed by atoms with Crippen molar-refractivity contribution in [1.82, 2.24) is 9.78 Å². The topological polar surface area (TPSA) is 76.4 Å². The van der Waals surface area contributed by atoms with Crippen molar-refractivity contribution in [3.63, 3.8) is 0 Å². The third-order valence-corrected chi connectivity index (χ3v) is 4.23. The maximum absolute atomic E-state index is 13.1. The number of aromatic amines is 1. The number of carbonyl (C=O) groups excluding carboxylic acids is 1. The highest BCUT2D eigenvalue weighted by atomic mass is 35.5. The van der Waals surface area contributed by atoms with Gasteiger partial charge in [-0.25, -0.2) is 13.9 Å². The molecule has 0 saturated carbocycles. The number of hydrogen-bond acceptors (Lipinski definition) is 4. The van der Waals surface area contributed by atoms with Gasteiger partial charge in [-0.05, 0) is 49.4 Å². The van der Waals surface area contributed by atoms with E-state index in [2.05, 4.69) is 14.8 Å². The van der Waals surface area contributed by atoms with Crippen molar-refractivity contribution in [2.75, 3.05) is 7.11 Å². The van der Waals surface area contributed by atoms with Crippen LogP contribution in [0.5, 0.6) is 0 Å². The SMILES string of the molecule is COC(=O)c1cc(N=Cc2c(C)[nH]n(-c3ccc(F)cc3)c2=O)ccc1Cl. The monoisotopic (exact) mass is 387 g/mol. The van der Waals surface area contributed by atoms with Gasteiger partial charge in [-0.1, -0.05) is 11.6 Å². The number of halogens is 2. The Morgan fingerprint density at radius 1 is 1.26 bits per heavy atom. The van der Waals surface area contributed by atoms with E-state index in [1.807, 2.05) is 0 Å². The molecule has 27 heavy (non-hydrogen) atoms. The fourth-order valence-electron chi connectivity index (χ4n) is 2.48. The molecule has 0 atom stereocenters. The molecule has 3 rings (SSSR count). The molecule has 0 fully saturated rings. The Morgan fingerprint density at radius 3 is 2.63 bits per heavy atom. The maximum atomic E-state index is 13.1. The average Bonchev–Trinajstić information content (AvgIpc) is 2.95. The van der Waals surface area contributed by atoms with Crippen LogP contribution in [0.2, 0.25) is 5.02 Å². The third kappa shape index (κ3) is 3.83. The van der Waals surface area contributed by atoms with Crippen LogP contribution < -0.4 is 5.56 Å². The first-order valence-corrected chi connectivity index (χ1v) is 8.28. The van der Waals surface area contributed by atoms with Gasteiger partial charge in [-0.3, -0.25) is 14.9 Å². The van der Waals surface area contributed by atoms with Gasteiger partial charge in [0.05, 0.1) is 34.6 Å². The van der Waals surface area contributed by atoms with Crippen LogP contribution in [0.3, 0.4) is 0 Å². The van der Waals surface area contributed by atoms with Gasteiger partial charge in [0.25, 0.3) is 5.56 Å². The number of nitrogens with one attached hydrogen (secondary N) is 1. The number of hydrogen-bond donors (Lipinski definition) is 1. The molecule has 0 saturated heterocycles. The molecule has 8 heteroatoms. The Bertz CT molecular complexity index is 1080. The number of H-pyrrole nitrogens is 1. The second kappa shape index (κ2) is 7.59. The van der Waals surface area contributed by atoms with E-state index in [0.29, 0.717) is 22.6 Å². The first-order valence-electron chi connectivity index (χ1n) is 7.90. The van der Waals surface area contributed by atoms with Crippen molar-refractivity contribution >= 4 is 29.5 Å². The summed E-state index contributed by atoms with van der Waals surface area (Å²) in [6.45, 7) is 1.73. The van der Waals surface area contributed by atoms with E-state index in [9.17, 15) is 14.0 Å². The van der Waals surface area contributed by atoms with Crippen molar-refractivity contribution < 1.29 is 13.9 Å². The van der Waals surface area contributed by atoms with Crippen LogP contribution in [0, 0.1) is 12.7 Å². The number of ether oxygens (including phenoxy) is 1. The zero-order valence-corrected chi connectivity index (χ0v) is 15.2. The van der Waals surface area contributed by atoms with E-state index in [0.717, 1.165) is 0 Å². The Hall–Kier alpha value is -3.19. The predicted molar refractivity (Wildman–Crippen MR) is 101 cm³/mol. The van der Waals surface area contributed by atoms with Gasteiger partial charge in [0.1, 0.15) is 5.82 Å². The molecule has 0 radical (unpaired) electrons. The molecule has 0 amide bonds. The number of nitrogens with zero attached hydrogens (tertiary/aromatic N) is 2. The molecule has 3 aromatic rings. The number of rotatable bonds is 4. The Kier molecular flexibility index (Phi) is 5.23. The standard InChI is InChI=1S/C19H15ClFN3O3/c1-11-16(18(25)24(23-11)14-6-3-12(21)4-7-14)10-22-13-5-8-17(20)15(9-13)19(26)27-2/h3-10,23H,1-2H3. The smallest absolute Gasteiger partial charge is 0.339 e. The van der Waals surface area contributed by atoms with Gasteiger partial charge in [0.2, 0.25) is 0 Å². The quantitative estimate of drug-likeness (QED) is 0.546. The molecule has 1 N–H and O–H groups in total. The van der Waals surface area contributed by atoms with E-state index in [4.69, 9.17) is 11.6 Å². The summed E-state index contributed by atoms with van der Waals surface area (Å²) >= 11 is 5.98. The van der Waals surface area contributed by atoms with E-state index in [-0.39, 0.29) is 22.0 Å². The fraction of sp³-hybridized carbons (Fsp3) is 0.105. The molecule has 0 aliphatic carbocycles. The number of carbonyl (C=O) groups is 1. The van der Waals surface area contributed by atoms with E-state index >= 15 is 0 Å². The number of aromatic nitrogens is 2. The van der Waals surface area contributed by atoms with Crippen molar-refractivity contribution in [2.45, 2.75) is 6.92 Å². The van der Waals surface area contributed by atoms with Gasteiger partial charge in [0.15, 0.2) is 0 Å². The molecule has 1 heterocycles. The van der Waals surface area contributed by atoms with Crippen LogP contribution in [0.25, 0.3) is 5.69 Å². The summed E-state index contributed by atoms with van der Waals surface area (Å²) in [5.74, 6) is -0.963. The number of aryl methyl sites for hydroxylation is 1. The lowest BCUT2D eigenvalue weighted by Crippen LogP contribution is -2.17. The summed E-state index contributed by atoms with van der Waals surface area (Å²) < 4.78 is 19.1. The van der Waals surface area contributed by atoms with Crippen molar-refractivity contribution in [3.8, 4) is 5.69 Å². The summed E-state index contributed by atoms with van der Waals surface area (Å²) in [6, 6.07) is 10.2. The van der Waals surface area contributed by atoms with Crippen molar-refractivity contribution in [1.29, 1.82) is 0 Å². The summed E-state index contributed by atoms with van der Waals surface area (Å²) in [6.07, 6.45) is 1.40. The zero-order valence-electron chi connectivity index (χ0n) is 14.5. The highest BCUT2D eigenvalue weighted by Crippen LogP contribution is 2.23. The summed E-state index contributed by atoms with van der Waals surface area (Å²) in [5.41, 5.74) is 1.73. The molecular formula is C19H15ClFN3O3. The van der Waals surface area contributed by atoms with Crippen LogP contribution in [-0.2, 0) is 4.74 Å². The normalized spacial score (nSPS) is 11.1. The predicted octanol–water partition coefficient (Wildman–Crippen LogP) is 3.80. The first kappa shape index (κ1) is 18.6. The van der Waals surface area contributed by atoms with E-state index in [1.54, 1.807) is 13.0 Å². The fourth-order valence-corrected chi connectivity index (χ4v) is 2.68. The molecule has 6 nitrogen and oxygen atoms in total. The lowest BCUT2D eigenvalue weighted by molar-refractivity contribution is 0.0601. The third-order valence-electron chi connectivity index (χ3n) is 3.90. The molecule has 0 aliphatic heterocycles. The van der Waals surface area contributed by atoms with E-state index in [1.165, 1.54) is 54.4 Å². The van der Waals surface area contributed by atoms with Gasteiger partial charge in [0, 0.05) is 11.9 Å². The molecule has 138 valence electrons. The Labute approximate surface area is 158 Å². The van der Waals surface area contributed by atoms with Gasteiger partial charge < -0.3 is 4.74 Å². The number of esters is 1. The molecule has 2 aromatic carbocycles. The van der Waals surface area contributed by atoms with Gasteiger partial charge in [-0.2, -0.15) is 0 Å². The molecule has 1 aromatic heterocycles. The maximum Gasteiger partial charge on any atom is 0.339 e. The number of methoxy groups -OCH3 is 1. The van der Waals surface area contributed by atoms with E-state index < -0.39 is 5.97 Å². The average molecular weight is 388 g/mol. The van der Waals surface area contributed by atoms with Crippen LogP contribution in [0.15, 0.2) is 52.3 Å². The van der Waals surface area contributed by atoms with Gasteiger partial charge in [-0.15, -0.1) is 0 Å². The molecule has 0 aliphatic rings. The molecule has 0 bridgehead atoms. The lowest BCUT2D eigenvalue weighted by atomic mass is 10.2. The number of benzene rings is 2. The highest BCUT2D eigenvalue weighted by molar-refractivity contribution is 6.33. The second-order valence-corrected chi connectivity index (χ2v) is 6.09. The summed E-state index contributed by atoms with van der Waals surface area (Å²) in [4.78, 5) is 28.6. The molecule has 0 spiro atoms. The van der Waals surface area contributed by atoms with Crippen LogP contribution in [-0.4, -0.2) is 29.1 Å². The Morgan fingerprint density at radius 2 is 1.96 bits per heavy atom. The van der Waals surface area contributed by atoms with Crippen LogP contribution in [0.4, 0.5) is 10.1 Å². The van der Waals surface area contributed by atoms with Crippen molar-refractivity contribution in [3.05, 3.63) is 80.5 Å². The minimum Gasteiger partial charge on any atom is -0.465 e. The molecular weight excluding hydrogens is 373 g/mol. The Balaban J connectivity index is 1.96.